The molecule has 29 heavy (non-hydrogen) atoms. The molecule has 0 saturated carbocycles. The second-order valence-corrected chi connectivity index (χ2v) is 8.36. The number of sulfonamides is 1. The smallest absolute Gasteiger partial charge is 0.238 e. The number of primary sulfonamides is 1. The van der Waals surface area contributed by atoms with Crippen LogP contribution in [0.4, 0.5) is 0 Å². The fourth-order valence-electron chi connectivity index (χ4n) is 3.09. The molecule has 0 aliphatic rings. The molecule has 1 atom stereocenters. The van der Waals surface area contributed by atoms with Crippen LogP contribution in [0.15, 0.2) is 64.4 Å². The van der Waals surface area contributed by atoms with Crippen LogP contribution in [0.2, 0.25) is 0 Å². The number of fused-ring (bicyclic) bond motifs is 1. The molecule has 0 aliphatic heterocycles. The van der Waals surface area contributed by atoms with Gasteiger partial charge in [-0.15, -0.1) is 0 Å². The number of hydrogen-bond acceptors (Lipinski definition) is 5. The van der Waals surface area contributed by atoms with Crippen LogP contribution < -0.4 is 10.6 Å². The molecule has 0 aliphatic carbocycles. The Morgan fingerprint density at radius 1 is 1.17 bits per heavy atom. The molecule has 9 heteroatoms. The van der Waals surface area contributed by atoms with Crippen molar-refractivity contribution in [1.29, 1.82) is 0 Å². The van der Waals surface area contributed by atoms with Crippen molar-refractivity contribution < 1.29 is 13.2 Å². The number of carbonyl (C=O) groups is 1. The Morgan fingerprint density at radius 3 is 2.48 bits per heavy atom. The van der Waals surface area contributed by atoms with Gasteiger partial charge in [0.1, 0.15) is 0 Å². The summed E-state index contributed by atoms with van der Waals surface area (Å²) in [4.78, 5) is 26.2. The second-order valence-electron chi connectivity index (χ2n) is 6.79. The van der Waals surface area contributed by atoms with Gasteiger partial charge in [-0.05, 0) is 36.8 Å². The maximum absolute atomic E-state index is 12.7. The summed E-state index contributed by atoms with van der Waals surface area (Å²) in [5.74, 6) is -0.0994. The normalized spacial score (nSPS) is 12.7. The van der Waals surface area contributed by atoms with E-state index >= 15 is 0 Å². The van der Waals surface area contributed by atoms with Gasteiger partial charge >= 0.3 is 0 Å². The molecule has 0 unspecified atom stereocenters. The van der Waals surface area contributed by atoms with E-state index in [-0.39, 0.29) is 28.7 Å². The van der Waals surface area contributed by atoms with E-state index in [1.165, 1.54) is 18.3 Å². The minimum absolute atomic E-state index is 0.0265. The van der Waals surface area contributed by atoms with Crippen molar-refractivity contribution in [2.24, 2.45) is 5.14 Å². The highest BCUT2D eigenvalue weighted by Gasteiger charge is 2.18. The van der Waals surface area contributed by atoms with E-state index in [0.29, 0.717) is 17.4 Å². The number of rotatable bonds is 6. The number of amides is 1. The van der Waals surface area contributed by atoms with Crippen molar-refractivity contribution in [2.45, 2.75) is 30.8 Å². The lowest BCUT2D eigenvalue weighted by Gasteiger charge is -2.25. The van der Waals surface area contributed by atoms with E-state index in [2.05, 4.69) is 5.10 Å². The second kappa shape index (κ2) is 8.14. The Kier molecular flexibility index (Phi) is 5.81. The molecule has 3 aromatic rings. The summed E-state index contributed by atoms with van der Waals surface area (Å²) >= 11 is 0. The zero-order chi connectivity index (χ0) is 21.2. The van der Waals surface area contributed by atoms with E-state index < -0.39 is 10.0 Å². The van der Waals surface area contributed by atoms with Crippen molar-refractivity contribution in [3.05, 3.63) is 70.5 Å². The quantitative estimate of drug-likeness (QED) is 0.658. The number of para-hydroxylation sites is 1. The van der Waals surface area contributed by atoms with Crippen molar-refractivity contribution in [2.75, 3.05) is 7.05 Å². The first kappa shape index (κ1) is 20.7. The molecule has 2 aromatic carbocycles. The van der Waals surface area contributed by atoms with E-state index in [0.717, 1.165) is 5.56 Å². The first-order valence-corrected chi connectivity index (χ1v) is 10.6. The van der Waals surface area contributed by atoms with E-state index in [4.69, 9.17) is 5.14 Å². The standard InChI is InChI=1S/C20H22N4O4S/c1-14(15-7-9-16(10-8-15)29(21,27)28)23(2)20(26)11-12-24-18-6-4-3-5-17(18)19(25)13-22-24/h3-10,13-14H,11-12H2,1-2H3,(H2,21,27,28)/t14-/m0/s1. The van der Waals surface area contributed by atoms with Crippen molar-refractivity contribution in [3.63, 3.8) is 0 Å². The molecule has 2 N–H and O–H groups in total. The van der Waals surface area contributed by atoms with Crippen LogP contribution in [0.5, 0.6) is 0 Å². The van der Waals surface area contributed by atoms with Crippen LogP contribution in [-0.4, -0.2) is 36.1 Å². The first-order chi connectivity index (χ1) is 13.7. The Balaban J connectivity index is 1.71. The molecule has 0 spiro atoms. The van der Waals surface area contributed by atoms with E-state index in [1.54, 1.807) is 47.0 Å². The number of aromatic nitrogens is 2. The summed E-state index contributed by atoms with van der Waals surface area (Å²) in [5.41, 5.74) is 1.32. The monoisotopic (exact) mass is 414 g/mol. The summed E-state index contributed by atoms with van der Waals surface area (Å²) < 4.78 is 24.4. The van der Waals surface area contributed by atoms with Crippen LogP contribution in [0.3, 0.4) is 0 Å². The first-order valence-electron chi connectivity index (χ1n) is 9.02. The maximum Gasteiger partial charge on any atom is 0.238 e. The van der Waals surface area contributed by atoms with Gasteiger partial charge in [0.25, 0.3) is 0 Å². The number of aryl methyl sites for hydroxylation is 1. The average molecular weight is 414 g/mol. The Morgan fingerprint density at radius 2 is 1.83 bits per heavy atom. The summed E-state index contributed by atoms with van der Waals surface area (Å²) in [7, 11) is -2.06. The summed E-state index contributed by atoms with van der Waals surface area (Å²) in [6.07, 6.45) is 1.46. The van der Waals surface area contributed by atoms with Crippen LogP contribution in [0.1, 0.15) is 24.9 Å². The fraction of sp³-hybridized carbons (Fsp3) is 0.250. The molecule has 0 bridgehead atoms. The molecular formula is C20H22N4O4S. The lowest BCUT2D eigenvalue weighted by atomic mass is 10.1. The highest BCUT2D eigenvalue weighted by molar-refractivity contribution is 7.89. The van der Waals surface area contributed by atoms with Gasteiger partial charge in [0.2, 0.25) is 21.4 Å². The lowest BCUT2D eigenvalue weighted by Crippen LogP contribution is -2.30. The predicted octanol–water partition coefficient (Wildman–Crippen LogP) is 1.65. The van der Waals surface area contributed by atoms with E-state index in [1.807, 2.05) is 13.0 Å². The van der Waals surface area contributed by atoms with Gasteiger partial charge in [-0.25, -0.2) is 13.6 Å². The summed E-state index contributed by atoms with van der Waals surface area (Å²) in [6, 6.07) is 13.0. The van der Waals surface area contributed by atoms with Gasteiger partial charge in [-0.1, -0.05) is 24.3 Å². The zero-order valence-corrected chi connectivity index (χ0v) is 17.0. The molecule has 1 heterocycles. The third-order valence-corrected chi connectivity index (χ3v) is 5.89. The molecule has 1 aromatic heterocycles. The molecule has 1 amide bonds. The third-order valence-electron chi connectivity index (χ3n) is 4.96. The van der Waals surface area contributed by atoms with Gasteiger partial charge < -0.3 is 4.90 Å². The number of nitrogens with two attached hydrogens (primary N) is 1. The van der Waals surface area contributed by atoms with Crippen molar-refractivity contribution >= 4 is 26.8 Å². The van der Waals surface area contributed by atoms with Crippen LogP contribution in [0, 0.1) is 0 Å². The number of nitrogens with zero attached hydrogens (tertiary/aromatic N) is 3. The lowest BCUT2D eigenvalue weighted by molar-refractivity contribution is -0.132. The molecule has 0 fully saturated rings. The van der Waals surface area contributed by atoms with Crippen LogP contribution in [0.25, 0.3) is 10.9 Å². The minimum atomic E-state index is -3.75. The van der Waals surface area contributed by atoms with Crippen LogP contribution in [-0.2, 0) is 21.4 Å². The van der Waals surface area contributed by atoms with Gasteiger partial charge in [0.15, 0.2) is 0 Å². The molecule has 0 saturated heterocycles. The molecule has 8 nitrogen and oxygen atoms in total. The largest absolute Gasteiger partial charge is 0.339 e. The van der Waals surface area contributed by atoms with Gasteiger partial charge in [-0.2, -0.15) is 5.10 Å². The topological polar surface area (TPSA) is 115 Å². The zero-order valence-electron chi connectivity index (χ0n) is 16.1. The minimum Gasteiger partial charge on any atom is -0.339 e. The van der Waals surface area contributed by atoms with E-state index in [9.17, 15) is 18.0 Å². The maximum atomic E-state index is 12.7. The SMILES string of the molecule is C[C@@H](c1ccc(S(N)(=O)=O)cc1)N(C)C(=O)CCn1ncc(=O)c2ccccc21. The number of carbonyl (C=O) groups excluding carboxylic acids is 1. The molecule has 0 radical (unpaired) electrons. The predicted molar refractivity (Wildman–Crippen MR) is 110 cm³/mol. The molecule has 3 rings (SSSR count). The third kappa shape index (κ3) is 4.52. The average Bonchev–Trinajstić information content (AvgIpc) is 2.71. The van der Waals surface area contributed by atoms with Crippen LogP contribution >= 0.6 is 0 Å². The highest BCUT2D eigenvalue weighted by Crippen LogP contribution is 2.21. The molecule has 152 valence electrons. The van der Waals surface area contributed by atoms with Gasteiger partial charge in [-0.3, -0.25) is 14.3 Å². The fourth-order valence-corrected chi connectivity index (χ4v) is 3.61. The Labute approximate surface area is 168 Å². The Hall–Kier alpha value is -3.04. The Bertz CT molecular complexity index is 1200. The van der Waals surface area contributed by atoms with Gasteiger partial charge in [0.05, 0.1) is 29.2 Å². The highest BCUT2D eigenvalue weighted by atomic mass is 32.2. The summed E-state index contributed by atoms with van der Waals surface area (Å²) in [6.45, 7) is 2.19. The van der Waals surface area contributed by atoms with Gasteiger partial charge in [0, 0.05) is 18.9 Å². The van der Waals surface area contributed by atoms with Crippen molar-refractivity contribution in [3.8, 4) is 0 Å². The number of hydrogen-bond donors (Lipinski definition) is 1. The molecular weight excluding hydrogens is 392 g/mol. The van der Waals surface area contributed by atoms with Crippen molar-refractivity contribution in [1.82, 2.24) is 14.7 Å². The summed E-state index contributed by atoms with van der Waals surface area (Å²) in [5, 5.41) is 9.81. The number of benzene rings is 2.